The molecule has 0 unspecified atom stereocenters. The van der Waals surface area contributed by atoms with Crippen molar-refractivity contribution in [2.75, 3.05) is 53.7 Å². The van der Waals surface area contributed by atoms with E-state index in [9.17, 15) is 14.4 Å². The van der Waals surface area contributed by atoms with Gasteiger partial charge in [-0.05, 0) is 123 Å². The first-order valence-electron chi connectivity index (χ1n) is 25.2. The van der Waals surface area contributed by atoms with E-state index in [-0.39, 0.29) is 37.7 Å². The Labute approximate surface area is 391 Å². The van der Waals surface area contributed by atoms with Crippen LogP contribution in [0.1, 0.15) is 194 Å². The second kappa shape index (κ2) is 47.1. The van der Waals surface area contributed by atoms with Gasteiger partial charge >= 0.3 is 17.9 Å². The molecule has 0 aliphatic rings. The van der Waals surface area contributed by atoms with E-state index in [0.717, 1.165) is 69.8 Å². The maximum absolute atomic E-state index is 12.3. The van der Waals surface area contributed by atoms with E-state index >= 15 is 0 Å². The van der Waals surface area contributed by atoms with Gasteiger partial charge in [-0.3, -0.25) is 19.3 Å². The maximum atomic E-state index is 12.3. The summed E-state index contributed by atoms with van der Waals surface area (Å²) in [4.78, 5) is 38.3. The Balaban J connectivity index is 4.35. The summed E-state index contributed by atoms with van der Waals surface area (Å²) in [6, 6.07) is 0. The molecule has 0 bridgehead atoms. The fourth-order valence-corrected chi connectivity index (χ4v) is 6.44. The Kier molecular flexibility index (Phi) is 44.3. The number of carbonyl (C=O) groups excluding carboxylic acids is 3. The van der Waals surface area contributed by atoms with Crippen LogP contribution in [0.4, 0.5) is 0 Å². The van der Waals surface area contributed by atoms with E-state index in [1.54, 1.807) is 17.1 Å². The van der Waals surface area contributed by atoms with Gasteiger partial charge in [0.1, 0.15) is 18.1 Å². The van der Waals surface area contributed by atoms with Crippen molar-refractivity contribution < 1.29 is 38.1 Å². The second-order valence-corrected chi connectivity index (χ2v) is 17.1. The van der Waals surface area contributed by atoms with Crippen molar-refractivity contribution in [3.8, 4) is 0 Å². The molecule has 0 atom stereocenters. The van der Waals surface area contributed by atoms with Gasteiger partial charge in [-0.1, -0.05) is 133 Å². The second-order valence-electron chi connectivity index (χ2n) is 17.1. The van der Waals surface area contributed by atoms with E-state index in [1.807, 2.05) is 21.0 Å². The van der Waals surface area contributed by atoms with Gasteiger partial charge in [0.2, 0.25) is 0 Å². The predicted octanol–water partition coefficient (Wildman–Crippen LogP) is 14.4. The summed E-state index contributed by atoms with van der Waals surface area (Å²) >= 11 is 0. The normalized spacial score (nSPS) is 12.3. The molecule has 0 saturated carbocycles. The average Bonchev–Trinajstić information content (AvgIpc) is 3.26. The zero-order valence-electron chi connectivity index (χ0n) is 41.5. The molecule has 0 amide bonds. The number of unbranched alkanes of at least 4 members (excludes halogenated alkanes) is 17. The van der Waals surface area contributed by atoms with Crippen LogP contribution < -0.4 is 0 Å². The number of ether oxygens (including phenoxy) is 5. The fourth-order valence-electron chi connectivity index (χ4n) is 6.44. The van der Waals surface area contributed by atoms with Gasteiger partial charge in [-0.25, -0.2) is 0 Å². The molecule has 0 N–H and O–H groups in total. The number of nitrogens with zero attached hydrogens (tertiary/aromatic N) is 1. The maximum Gasteiger partial charge on any atom is 0.320 e. The summed E-state index contributed by atoms with van der Waals surface area (Å²) in [5, 5.41) is 0. The highest BCUT2D eigenvalue weighted by Gasteiger charge is 2.08. The first-order chi connectivity index (χ1) is 31.2. The number of carbonyl (C=O) groups is 3. The van der Waals surface area contributed by atoms with Crippen LogP contribution in [0.25, 0.3) is 0 Å². The Morgan fingerprint density at radius 2 is 0.875 bits per heavy atom. The lowest BCUT2D eigenvalue weighted by molar-refractivity contribution is -0.145. The lowest BCUT2D eigenvalue weighted by Crippen LogP contribution is -2.24. The van der Waals surface area contributed by atoms with E-state index in [2.05, 4.69) is 69.0 Å². The van der Waals surface area contributed by atoms with Gasteiger partial charge in [0.25, 0.3) is 0 Å². The summed E-state index contributed by atoms with van der Waals surface area (Å²) < 4.78 is 28.1. The Morgan fingerprint density at radius 1 is 0.453 bits per heavy atom. The zero-order valence-corrected chi connectivity index (χ0v) is 41.5. The summed E-state index contributed by atoms with van der Waals surface area (Å²) in [5.74, 6) is 0.300. The quantitative estimate of drug-likeness (QED) is 0.0148. The monoisotopic (exact) mass is 896 g/mol. The average molecular weight is 896 g/mol. The molecular formula is C55H93NO8. The molecule has 0 radical (unpaired) electrons. The molecule has 0 aromatic heterocycles. The minimum Gasteiger partial charge on any atom is -0.494 e. The minimum absolute atomic E-state index is 0.126. The van der Waals surface area contributed by atoms with Gasteiger partial charge in [-0.2, -0.15) is 0 Å². The van der Waals surface area contributed by atoms with Crippen molar-refractivity contribution >= 4 is 17.9 Å². The van der Waals surface area contributed by atoms with E-state index in [1.165, 1.54) is 77.0 Å². The molecular weight excluding hydrogens is 803 g/mol. The fraction of sp³-hybridized carbons (Fsp3) is 0.691. The highest BCUT2D eigenvalue weighted by molar-refractivity contribution is 5.71. The van der Waals surface area contributed by atoms with Crippen molar-refractivity contribution in [1.29, 1.82) is 0 Å². The smallest absolute Gasteiger partial charge is 0.320 e. The molecule has 0 heterocycles. The SMILES string of the molecule is C=C(/C=C(\C=C(/C)COC(=O)CN(C)C)OCCCOC(=O)CCCCCCC/C=C\C/C=C\CCCCC)OCCCCOC(=O)CCCCCCC/C=C\C/C=C\CCCCC. The van der Waals surface area contributed by atoms with Crippen molar-refractivity contribution in [3.63, 3.8) is 0 Å². The third kappa shape index (κ3) is 46.2. The van der Waals surface area contributed by atoms with Crippen molar-refractivity contribution in [1.82, 2.24) is 4.90 Å². The van der Waals surface area contributed by atoms with Crippen LogP contribution in [0.3, 0.4) is 0 Å². The third-order valence-corrected chi connectivity index (χ3v) is 10.2. The topological polar surface area (TPSA) is 101 Å². The zero-order chi connectivity index (χ0) is 47.0. The van der Waals surface area contributed by atoms with Crippen LogP contribution in [-0.4, -0.2) is 76.5 Å². The summed E-state index contributed by atoms with van der Waals surface area (Å²) in [7, 11) is 3.62. The lowest BCUT2D eigenvalue weighted by atomic mass is 10.1. The molecule has 64 heavy (non-hydrogen) atoms. The number of allylic oxidation sites excluding steroid dienone is 10. The number of esters is 3. The van der Waals surface area contributed by atoms with Gasteiger partial charge in [0, 0.05) is 25.3 Å². The van der Waals surface area contributed by atoms with Crippen LogP contribution >= 0.6 is 0 Å². The minimum atomic E-state index is -0.314. The summed E-state index contributed by atoms with van der Waals surface area (Å²) in [5.41, 5.74) is 0.789. The number of hydrogen-bond acceptors (Lipinski definition) is 9. The molecule has 0 aromatic rings. The number of likely N-dealkylation sites (N-methyl/N-ethyl adjacent to an activating group) is 1. The van der Waals surface area contributed by atoms with Crippen LogP contribution in [0, 0.1) is 0 Å². The van der Waals surface area contributed by atoms with Crippen LogP contribution in [0.15, 0.2) is 84.4 Å². The van der Waals surface area contributed by atoms with E-state index < -0.39 is 0 Å². The molecule has 0 fully saturated rings. The molecule has 366 valence electrons. The van der Waals surface area contributed by atoms with Crippen molar-refractivity contribution in [2.24, 2.45) is 0 Å². The van der Waals surface area contributed by atoms with Crippen LogP contribution in [0.5, 0.6) is 0 Å². The van der Waals surface area contributed by atoms with Gasteiger partial charge in [0.05, 0.1) is 33.0 Å². The first-order valence-corrected chi connectivity index (χ1v) is 25.2. The van der Waals surface area contributed by atoms with E-state index in [0.29, 0.717) is 63.4 Å². The van der Waals surface area contributed by atoms with Crippen molar-refractivity contribution in [2.45, 2.75) is 194 Å². The van der Waals surface area contributed by atoms with Gasteiger partial charge < -0.3 is 23.7 Å². The highest BCUT2D eigenvalue weighted by atomic mass is 16.5. The van der Waals surface area contributed by atoms with Crippen LogP contribution in [0.2, 0.25) is 0 Å². The van der Waals surface area contributed by atoms with E-state index in [4.69, 9.17) is 23.7 Å². The molecule has 0 aliphatic heterocycles. The van der Waals surface area contributed by atoms with Crippen molar-refractivity contribution in [3.05, 3.63) is 84.4 Å². The lowest BCUT2D eigenvalue weighted by Gasteiger charge is -2.12. The molecule has 0 rings (SSSR count). The molecule has 9 heteroatoms. The third-order valence-electron chi connectivity index (χ3n) is 10.2. The largest absolute Gasteiger partial charge is 0.494 e. The number of rotatable bonds is 45. The van der Waals surface area contributed by atoms with Gasteiger partial charge in [-0.15, -0.1) is 0 Å². The standard InChI is InChI=1S/C55H93NO8/c1-7-9-11-13-15-17-19-21-23-25-27-29-31-33-35-40-53(57)62-43-38-37-42-60-51(4)47-52(46-50(3)49-64-55(59)48-56(5)6)61-44-39-45-63-54(58)41-36-34-32-30-28-26-24-22-20-18-16-14-12-10-8-2/h15-18,21-24,46-47H,4,7-14,19-20,25-45,48-49H2,1-3,5-6H3/b17-15-,18-16-,23-21-,24-22-,50-46+,52-47+. The summed E-state index contributed by atoms with van der Waals surface area (Å²) in [6.07, 6.45) is 49.8. The number of hydrogen-bond donors (Lipinski definition) is 0. The molecule has 0 aliphatic carbocycles. The molecule has 0 saturated heterocycles. The molecule has 0 aromatic carbocycles. The highest BCUT2D eigenvalue weighted by Crippen LogP contribution is 2.13. The Morgan fingerprint density at radius 3 is 1.36 bits per heavy atom. The van der Waals surface area contributed by atoms with Crippen LogP contribution in [-0.2, 0) is 38.1 Å². The Bertz CT molecular complexity index is 1340. The Hall–Kier alpha value is -3.85. The van der Waals surface area contributed by atoms with Gasteiger partial charge in [0.15, 0.2) is 0 Å². The molecule has 9 nitrogen and oxygen atoms in total. The molecule has 0 spiro atoms. The summed E-state index contributed by atoms with van der Waals surface area (Å²) in [6.45, 7) is 12.1. The predicted molar refractivity (Wildman–Crippen MR) is 267 cm³/mol. The first kappa shape index (κ1) is 60.2.